The van der Waals surface area contributed by atoms with Crippen molar-refractivity contribution in [2.75, 3.05) is 5.32 Å². The van der Waals surface area contributed by atoms with Gasteiger partial charge >= 0.3 is 0 Å². The van der Waals surface area contributed by atoms with Crippen molar-refractivity contribution in [3.63, 3.8) is 0 Å². The third-order valence-electron chi connectivity index (χ3n) is 3.13. The Hall–Kier alpha value is -1.36. The molecule has 1 unspecified atom stereocenters. The summed E-state index contributed by atoms with van der Waals surface area (Å²) < 4.78 is 2.75. The highest BCUT2D eigenvalue weighted by Gasteiger charge is 2.16. The number of aromatic nitrogens is 3. The van der Waals surface area contributed by atoms with E-state index in [4.69, 9.17) is 0 Å². The first kappa shape index (κ1) is 13.1. The van der Waals surface area contributed by atoms with Crippen LogP contribution in [0.25, 0.3) is 0 Å². The van der Waals surface area contributed by atoms with Crippen LogP contribution in [-0.2, 0) is 7.05 Å². The van der Waals surface area contributed by atoms with Crippen LogP contribution < -0.4 is 5.32 Å². The normalized spacial score (nSPS) is 12.5. The molecule has 0 radical (unpaired) electrons. The van der Waals surface area contributed by atoms with Crippen LogP contribution in [0.4, 0.5) is 5.69 Å². The highest BCUT2D eigenvalue weighted by molar-refractivity contribution is 9.10. The second-order valence-corrected chi connectivity index (χ2v) is 5.17. The van der Waals surface area contributed by atoms with Crippen molar-refractivity contribution in [3.05, 3.63) is 39.9 Å². The fraction of sp³-hybridized carbons (Fsp3) is 0.385. The molecule has 2 aromatic heterocycles. The molecule has 0 amide bonds. The lowest BCUT2D eigenvalue weighted by Crippen LogP contribution is -2.09. The predicted molar refractivity (Wildman–Crippen MR) is 76.7 cm³/mol. The van der Waals surface area contributed by atoms with Gasteiger partial charge in [0.1, 0.15) is 4.60 Å². The molecule has 18 heavy (non-hydrogen) atoms. The fourth-order valence-corrected chi connectivity index (χ4v) is 2.58. The van der Waals surface area contributed by atoms with E-state index in [1.54, 1.807) is 6.20 Å². The van der Waals surface area contributed by atoms with Crippen LogP contribution in [0.5, 0.6) is 0 Å². The number of pyridine rings is 1. The maximum atomic E-state index is 4.45. The lowest BCUT2D eigenvalue weighted by atomic mass is 10.1. The van der Waals surface area contributed by atoms with Crippen molar-refractivity contribution in [1.29, 1.82) is 0 Å². The monoisotopic (exact) mass is 308 g/mol. The molecule has 1 N–H and O–H groups in total. The van der Waals surface area contributed by atoms with Crippen molar-refractivity contribution < 1.29 is 0 Å². The molecular weight excluding hydrogens is 292 g/mol. The average molecular weight is 309 g/mol. The topological polar surface area (TPSA) is 42.7 Å². The summed E-state index contributed by atoms with van der Waals surface area (Å²) in [5, 5.41) is 7.90. The molecule has 2 rings (SSSR count). The minimum Gasteiger partial charge on any atom is -0.376 e. The number of hydrogen-bond acceptors (Lipinski definition) is 3. The van der Waals surface area contributed by atoms with E-state index in [-0.39, 0.29) is 6.04 Å². The SMILES string of the molecule is Cc1nn(C)c(C)c1C(C)Nc1cccnc1Br. The number of halogens is 1. The van der Waals surface area contributed by atoms with Crippen LogP contribution in [-0.4, -0.2) is 14.8 Å². The molecule has 0 aromatic carbocycles. The minimum atomic E-state index is 0.194. The molecule has 0 fully saturated rings. The number of hydrogen-bond donors (Lipinski definition) is 1. The summed E-state index contributed by atoms with van der Waals surface area (Å²) in [6.45, 7) is 6.26. The van der Waals surface area contributed by atoms with Gasteiger partial charge in [-0.15, -0.1) is 0 Å². The Morgan fingerprint density at radius 3 is 2.67 bits per heavy atom. The molecule has 0 saturated carbocycles. The summed E-state index contributed by atoms with van der Waals surface area (Å²) in [7, 11) is 1.97. The number of nitrogens with one attached hydrogen (secondary N) is 1. The largest absolute Gasteiger partial charge is 0.376 e. The highest BCUT2D eigenvalue weighted by atomic mass is 79.9. The molecule has 0 bridgehead atoms. The van der Waals surface area contributed by atoms with Gasteiger partial charge < -0.3 is 5.32 Å². The maximum Gasteiger partial charge on any atom is 0.129 e. The molecule has 4 nitrogen and oxygen atoms in total. The average Bonchev–Trinajstić information content (AvgIpc) is 2.56. The Bertz CT molecular complexity index is 562. The summed E-state index contributed by atoms with van der Waals surface area (Å²) in [6.07, 6.45) is 1.76. The van der Waals surface area contributed by atoms with E-state index in [1.165, 1.54) is 11.3 Å². The van der Waals surface area contributed by atoms with Gasteiger partial charge in [-0.05, 0) is 48.8 Å². The van der Waals surface area contributed by atoms with Crippen LogP contribution >= 0.6 is 15.9 Å². The zero-order chi connectivity index (χ0) is 13.3. The van der Waals surface area contributed by atoms with Gasteiger partial charge in [-0.25, -0.2) is 4.98 Å². The second kappa shape index (κ2) is 5.10. The summed E-state index contributed by atoms with van der Waals surface area (Å²) in [4.78, 5) is 4.21. The van der Waals surface area contributed by atoms with Crippen molar-refractivity contribution >= 4 is 21.6 Å². The lowest BCUT2D eigenvalue weighted by Gasteiger charge is -2.16. The molecule has 2 heterocycles. The van der Waals surface area contributed by atoms with E-state index in [0.717, 1.165) is 16.0 Å². The first-order valence-corrected chi connectivity index (χ1v) is 6.67. The molecule has 2 aromatic rings. The van der Waals surface area contributed by atoms with E-state index in [1.807, 2.05) is 30.8 Å². The van der Waals surface area contributed by atoms with Crippen LogP contribution in [0.15, 0.2) is 22.9 Å². The Morgan fingerprint density at radius 2 is 2.11 bits per heavy atom. The standard InChI is InChI=1S/C13H17BrN4/c1-8(12-9(2)17-18(4)10(12)3)16-11-6-5-7-15-13(11)14/h5-8,16H,1-4H3. The van der Waals surface area contributed by atoms with E-state index < -0.39 is 0 Å². The Morgan fingerprint density at radius 1 is 1.39 bits per heavy atom. The van der Waals surface area contributed by atoms with Gasteiger partial charge in [0.25, 0.3) is 0 Å². The van der Waals surface area contributed by atoms with E-state index in [2.05, 4.69) is 45.2 Å². The van der Waals surface area contributed by atoms with Gasteiger partial charge in [0.05, 0.1) is 17.4 Å². The number of rotatable bonds is 3. The van der Waals surface area contributed by atoms with Crippen LogP contribution in [0.3, 0.4) is 0 Å². The van der Waals surface area contributed by atoms with Crippen LogP contribution in [0.1, 0.15) is 29.9 Å². The zero-order valence-corrected chi connectivity index (χ0v) is 12.6. The zero-order valence-electron chi connectivity index (χ0n) is 11.0. The van der Waals surface area contributed by atoms with Crippen molar-refractivity contribution in [3.8, 4) is 0 Å². The van der Waals surface area contributed by atoms with Gasteiger partial charge in [0.2, 0.25) is 0 Å². The van der Waals surface area contributed by atoms with E-state index in [0.29, 0.717) is 0 Å². The molecule has 0 spiro atoms. The van der Waals surface area contributed by atoms with Crippen molar-refractivity contribution in [2.24, 2.45) is 7.05 Å². The highest BCUT2D eigenvalue weighted by Crippen LogP contribution is 2.27. The summed E-state index contributed by atoms with van der Waals surface area (Å²) in [6, 6.07) is 4.12. The van der Waals surface area contributed by atoms with E-state index >= 15 is 0 Å². The van der Waals surface area contributed by atoms with E-state index in [9.17, 15) is 0 Å². The first-order chi connectivity index (χ1) is 8.50. The third-order valence-corrected chi connectivity index (χ3v) is 3.76. The van der Waals surface area contributed by atoms with Gasteiger partial charge in [0, 0.05) is 24.5 Å². The second-order valence-electron chi connectivity index (χ2n) is 4.42. The predicted octanol–water partition coefficient (Wildman–Crippen LogP) is 3.37. The van der Waals surface area contributed by atoms with Gasteiger partial charge in [-0.1, -0.05) is 0 Å². The summed E-state index contributed by atoms with van der Waals surface area (Å²) in [5.41, 5.74) is 4.49. The third kappa shape index (κ3) is 2.41. The minimum absolute atomic E-state index is 0.194. The Balaban J connectivity index is 2.28. The molecule has 0 aliphatic carbocycles. The molecule has 1 atom stereocenters. The lowest BCUT2D eigenvalue weighted by molar-refractivity contribution is 0.728. The molecule has 0 aliphatic rings. The molecular formula is C13H17BrN4. The maximum absolute atomic E-state index is 4.45. The molecule has 0 saturated heterocycles. The van der Waals surface area contributed by atoms with Gasteiger partial charge in [-0.2, -0.15) is 5.10 Å². The van der Waals surface area contributed by atoms with Gasteiger partial charge in [-0.3, -0.25) is 4.68 Å². The van der Waals surface area contributed by atoms with Crippen LogP contribution in [0, 0.1) is 13.8 Å². The first-order valence-electron chi connectivity index (χ1n) is 5.88. The van der Waals surface area contributed by atoms with Crippen molar-refractivity contribution in [1.82, 2.24) is 14.8 Å². The quantitative estimate of drug-likeness (QED) is 0.884. The Labute approximate surface area is 116 Å². The summed E-state index contributed by atoms with van der Waals surface area (Å²) in [5.74, 6) is 0. The fourth-order valence-electron chi connectivity index (χ4n) is 2.22. The van der Waals surface area contributed by atoms with Crippen LogP contribution in [0.2, 0.25) is 0 Å². The smallest absolute Gasteiger partial charge is 0.129 e. The molecule has 96 valence electrons. The number of nitrogens with zero attached hydrogens (tertiary/aromatic N) is 3. The van der Waals surface area contributed by atoms with Crippen molar-refractivity contribution in [2.45, 2.75) is 26.8 Å². The molecule has 0 aliphatic heterocycles. The Kier molecular flexibility index (Phi) is 3.71. The summed E-state index contributed by atoms with van der Waals surface area (Å²) >= 11 is 3.45. The number of anilines is 1. The molecule has 5 heteroatoms. The van der Waals surface area contributed by atoms with Gasteiger partial charge in [0.15, 0.2) is 0 Å². The number of aryl methyl sites for hydroxylation is 2.